The second-order valence-corrected chi connectivity index (χ2v) is 1.84. The van der Waals surface area contributed by atoms with Crippen molar-refractivity contribution in [2.45, 2.75) is 38.8 Å². The normalized spacial score (nSPS) is 65.4. The first-order valence-electron chi connectivity index (χ1n) is 8.24. The number of rotatable bonds is 1. The zero-order chi connectivity index (χ0) is 17.3. The SMILES string of the molecule is [2H]CC1(C(=O)O)C([2H])([2H])C([2H])([2H])C([2H])([2H])C([2H])([2H])C1([2H])[2H]. The van der Waals surface area contributed by atoms with Gasteiger partial charge in [-0.05, 0) is 19.6 Å². The Balaban J connectivity index is 3.95. The number of carbonyl (C=O) groups is 1. The molecule has 0 bridgehead atoms. The highest BCUT2D eigenvalue weighted by Crippen LogP contribution is 2.35. The van der Waals surface area contributed by atoms with Crippen LogP contribution in [-0.4, -0.2) is 11.1 Å². The summed E-state index contributed by atoms with van der Waals surface area (Å²) in [7, 11) is 0. The van der Waals surface area contributed by atoms with Crippen molar-refractivity contribution in [2.24, 2.45) is 5.41 Å². The van der Waals surface area contributed by atoms with E-state index in [2.05, 4.69) is 0 Å². The first-order valence-corrected chi connectivity index (χ1v) is 2.53. The molecule has 0 aliphatic heterocycles. The first-order chi connectivity index (χ1) is 9.00. The molecule has 58 valence electrons. The highest BCUT2D eigenvalue weighted by molar-refractivity contribution is 5.74. The van der Waals surface area contributed by atoms with Crippen molar-refractivity contribution in [1.82, 2.24) is 0 Å². The summed E-state index contributed by atoms with van der Waals surface area (Å²) in [5.41, 5.74) is -3.40. The third kappa shape index (κ3) is 1.31. The quantitative estimate of drug-likeness (QED) is 0.626. The Labute approximate surface area is 76.7 Å². The summed E-state index contributed by atoms with van der Waals surface area (Å²) >= 11 is 0. The Bertz CT molecular complexity index is 439. The van der Waals surface area contributed by atoms with Crippen molar-refractivity contribution in [3.8, 4) is 0 Å². The molecule has 0 aromatic carbocycles. The predicted molar refractivity (Wildman–Crippen MR) is 38.8 cm³/mol. The molecule has 0 amide bonds. The van der Waals surface area contributed by atoms with Gasteiger partial charge in [0.15, 0.2) is 0 Å². The van der Waals surface area contributed by atoms with Crippen LogP contribution in [0.15, 0.2) is 0 Å². The second-order valence-electron chi connectivity index (χ2n) is 1.84. The molecule has 0 saturated heterocycles. The minimum absolute atomic E-state index is 1.49. The van der Waals surface area contributed by atoms with Gasteiger partial charge < -0.3 is 5.11 Å². The number of carboxylic acid groups (broad SMARTS) is 1. The van der Waals surface area contributed by atoms with E-state index in [1.54, 1.807) is 0 Å². The molecule has 1 rings (SSSR count). The van der Waals surface area contributed by atoms with Gasteiger partial charge in [0, 0.05) is 15.1 Å². The molecule has 1 fully saturated rings. The smallest absolute Gasteiger partial charge is 0.309 e. The molecule has 0 aromatic heterocycles. The summed E-state index contributed by atoms with van der Waals surface area (Å²) in [6.45, 7) is -1.49. The van der Waals surface area contributed by atoms with Crippen LogP contribution in [-0.2, 0) is 4.79 Å². The molecule has 1 aliphatic rings. The molecule has 2 heteroatoms. The molecule has 0 heterocycles. The minimum atomic E-state index is -3.67. The van der Waals surface area contributed by atoms with Crippen molar-refractivity contribution in [3.63, 3.8) is 0 Å². The van der Waals surface area contributed by atoms with Gasteiger partial charge in [-0.25, -0.2) is 0 Å². The molecule has 0 spiro atoms. The lowest BCUT2D eigenvalue weighted by Crippen LogP contribution is -2.29. The second kappa shape index (κ2) is 2.60. The molecule has 1 saturated carbocycles. The van der Waals surface area contributed by atoms with E-state index in [9.17, 15) is 9.90 Å². The molecule has 10 heavy (non-hydrogen) atoms. The Morgan fingerprint density at radius 3 is 2.60 bits per heavy atom. The molecule has 2 nitrogen and oxygen atoms in total. The maximum Gasteiger partial charge on any atom is 0.309 e. The van der Waals surface area contributed by atoms with Crippen molar-refractivity contribution >= 4 is 5.97 Å². The highest BCUT2D eigenvalue weighted by Gasteiger charge is 2.33. The maximum absolute atomic E-state index is 11.5. The third-order valence-electron chi connectivity index (χ3n) is 1.04. The molecular formula is C8H14O2. The lowest BCUT2D eigenvalue weighted by molar-refractivity contribution is -0.149. The van der Waals surface area contributed by atoms with Crippen molar-refractivity contribution in [3.05, 3.63) is 0 Å². The van der Waals surface area contributed by atoms with E-state index in [0.29, 0.717) is 0 Å². The van der Waals surface area contributed by atoms with Crippen LogP contribution in [0.3, 0.4) is 0 Å². The molecule has 1 aliphatic carbocycles. The third-order valence-corrected chi connectivity index (χ3v) is 1.04. The van der Waals surface area contributed by atoms with Gasteiger partial charge in [-0.3, -0.25) is 4.79 Å². The molecule has 0 radical (unpaired) electrons. The largest absolute Gasteiger partial charge is 0.481 e. The average molecular weight is 153 g/mol. The predicted octanol–water partition coefficient (Wildman–Crippen LogP) is 2.04. The lowest BCUT2D eigenvalue weighted by atomic mass is 9.76. The van der Waals surface area contributed by atoms with E-state index < -0.39 is 50.1 Å². The zero-order valence-corrected chi connectivity index (χ0v) is 5.06. The Morgan fingerprint density at radius 1 is 1.60 bits per heavy atom. The van der Waals surface area contributed by atoms with Gasteiger partial charge in [-0.1, -0.05) is 19.1 Å². The van der Waals surface area contributed by atoms with Crippen LogP contribution >= 0.6 is 0 Å². The Hall–Kier alpha value is -0.530. The highest BCUT2D eigenvalue weighted by atomic mass is 16.4. The van der Waals surface area contributed by atoms with E-state index in [1.807, 2.05) is 0 Å². The monoisotopic (exact) mass is 153 g/mol. The molecular weight excluding hydrogens is 128 g/mol. The van der Waals surface area contributed by atoms with Crippen molar-refractivity contribution in [2.75, 3.05) is 0 Å². The standard InChI is InChI=1S/C8H14O2/c1-8(7(9)10)5-3-2-4-6-8/h2-6H2,1H3,(H,9,10)/i1D,2D2,3D2,4D2,5D2,6D2. The maximum atomic E-state index is 11.5. The summed E-state index contributed by atoms with van der Waals surface area (Å²) in [4.78, 5) is 11.5. The number of hydrogen-bond donors (Lipinski definition) is 1. The summed E-state index contributed by atoms with van der Waals surface area (Å²) in [6.07, 6.45) is -18.3. The Kier molecular flexibility index (Phi) is 0.422. The van der Waals surface area contributed by atoms with Gasteiger partial charge in [0.25, 0.3) is 0 Å². The van der Waals surface area contributed by atoms with Gasteiger partial charge in [0.2, 0.25) is 0 Å². The van der Waals surface area contributed by atoms with E-state index in [4.69, 9.17) is 15.1 Å². The topological polar surface area (TPSA) is 37.3 Å². The van der Waals surface area contributed by atoms with Gasteiger partial charge in [-0.15, -0.1) is 0 Å². The molecule has 0 atom stereocenters. The molecule has 1 N–H and O–H groups in total. The van der Waals surface area contributed by atoms with Crippen LogP contribution in [0.1, 0.15) is 53.8 Å². The Morgan fingerprint density at radius 2 is 2.20 bits per heavy atom. The summed E-state index contributed by atoms with van der Waals surface area (Å²) < 4.78 is 83.4. The number of hydrogen-bond acceptors (Lipinski definition) is 1. The lowest BCUT2D eigenvalue weighted by Gasteiger charge is -2.28. The van der Waals surface area contributed by atoms with Gasteiger partial charge in [-0.2, -0.15) is 0 Å². The van der Waals surface area contributed by atoms with Gasteiger partial charge in [0.1, 0.15) is 0 Å². The van der Waals surface area contributed by atoms with Crippen LogP contribution < -0.4 is 0 Å². The van der Waals surface area contributed by atoms with Crippen molar-refractivity contribution < 1.29 is 25.0 Å². The van der Waals surface area contributed by atoms with E-state index >= 15 is 0 Å². The number of aliphatic carboxylic acids is 1. The fourth-order valence-electron chi connectivity index (χ4n) is 0.445. The van der Waals surface area contributed by atoms with E-state index in [0.717, 1.165) is 0 Å². The van der Waals surface area contributed by atoms with Gasteiger partial charge >= 0.3 is 5.97 Å². The van der Waals surface area contributed by atoms with Crippen LogP contribution in [0, 0.1) is 5.41 Å². The summed E-state index contributed by atoms with van der Waals surface area (Å²) in [6, 6.07) is 0. The van der Waals surface area contributed by atoms with Crippen LogP contribution in [0.25, 0.3) is 0 Å². The summed E-state index contributed by atoms with van der Waals surface area (Å²) in [5.74, 6) is -2.23. The number of carboxylic acids is 1. The molecule has 0 unspecified atom stereocenters. The van der Waals surface area contributed by atoms with E-state index in [1.165, 1.54) is 0 Å². The van der Waals surface area contributed by atoms with Crippen LogP contribution in [0.5, 0.6) is 0 Å². The van der Waals surface area contributed by atoms with Crippen molar-refractivity contribution in [1.29, 1.82) is 0 Å². The van der Waals surface area contributed by atoms with Crippen LogP contribution in [0.2, 0.25) is 0 Å². The molecule has 0 aromatic rings. The fraction of sp³-hybridized carbons (Fsp3) is 0.875. The van der Waals surface area contributed by atoms with Crippen LogP contribution in [0.4, 0.5) is 0 Å². The summed E-state index contributed by atoms with van der Waals surface area (Å²) in [5, 5.41) is 9.24. The van der Waals surface area contributed by atoms with E-state index in [-0.39, 0.29) is 0 Å². The fourth-order valence-corrected chi connectivity index (χ4v) is 0.445. The van der Waals surface area contributed by atoms with Gasteiger partial charge in [0.05, 0.1) is 5.41 Å². The first kappa shape index (κ1) is 1.62. The average Bonchev–Trinajstić information content (AvgIpc) is 2.26. The zero-order valence-electron chi connectivity index (χ0n) is 16.1. The minimum Gasteiger partial charge on any atom is -0.481 e.